The van der Waals surface area contributed by atoms with E-state index in [1.807, 2.05) is 22.8 Å². The molecule has 4 aromatic heterocycles. The number of anilines is 2. The maximum absolute atomic E-state index is 13.5. The van der Waals surface area contributed by atoms with Gasteiger partial charge in [0.25, 0.3) is 0 Å². The maximum atomic E-state index is 13.5. The fourth-order valence-corrected chi connectivity index (χ4v) is 5.19. The van der Waals surface area contributed by atoms with Gasteiger partial charge in [-0.25, -0.2) is 24.3 Å². The number of halogens is 1. The van der Waals surface area contributed by atoms with E-state index in [1.54, 1.807) is 42.7 Å². The van der Waals surface area contributed by atoms with Gasteiger partial charge < -0.3 is 16.2 Å². The molecule has 1 saturated carbocycles. The minimum atomic E-state index is -0.806. The molecule has 206 valence electrons. The average molecular weight is 552 g/mol. The third kappa shape index (κ3) is 5.21. The molecule has 4 heterocycles. The number of nitrogens with two attached hydrogens (primary N) is 1. The molecule has 5 aromatic rings. The Hall–Kier alpha value is -5.19. The van der Waals surface area contributed by atoms with Gasteiger partial charge >= 0.3 is 5.97 Å². The molecule has 0 saturated heterocycles. The first kappa shape index (κ1) is 26.1. The average Bonchev–Trinajstić information content (AvgIpc) is 3.37. The van der Waals surface area contributed by atoms with Crippen LogP contribution in [0, 0.1) is 17.7 Å². The number of aliphatic carboxylic acids is 1. The second-order valence-electron chi connectivity index (χ2n) is 10.0. The zero-order valence-electron chi connectivity index (χ0n) is 21.9. The van der Waals surface area contributed by atoms with Crippen molar-refractivity contribution in [3.05, 3.63) is 78.9 Å². The van der Waals surface area contributed by atoms with Gasteiger partial charge in [-0.1, -0.05) is 0 Å². The number of rotatable bonds is 6. The number of aromatic nitrogens is 5. The van der Waals surface area contributed by atoms with Gasteiger partial charge in [0.15, 0.2) is 11.5 Å². The topological polar surface area (TPSA) is 149 Å². The van der Waals surface area contributed by atoms with Crippen LogP contribution in [0.3, 0.4) is 0 Å². The van der Waals surface area contributed by atoms with Crippen molar-refractivity contribution in [1.29, 1.82) is 0 Å². The standard InChI is InChI=1S/C30H26FN7O3/c31-20-9-7-17(8-10-20)23-12-13-24-28(35-23)38(27(36-24)22-2-1-15-33-26(22)32)21-11-14-25(34-16-21)37-29(39)18-3-5-19(6-4-18)30(40)41/h1-2,7-16,18-19H,3-6H2,(H2,32,33)(H,40,41)(H,34,37,39). The lowest BCUT2D eigenvalue weighted by molar-refractivity contribution is -0.143. The second-order valence-corrected chi connectivity index (χ2v) is 10.0. The number of fused-ring (bicyclic) bond motifs is 1. The molecule has 0 bridgehead atoms. The van der Waals surface area contributed by atoms with Gasteiger partial charge in [-0.05, 0) is 86.3 Å². The molecular weight excluding hydrogens is 525 g/mol. The Balaban J connectivity index is 1.34. The number of amides is 1. The van der Waals surface area contributed by atoms with E-state index in [0.29, 0.717) is 71.3 Å². The van der Waals surface area contributed by atoms with Gasteiger partial charge in [0.1, 0.15) is 23.0 Å². The van der Waals surface area contributed by atoms with Gasteiger partial charge in [-0.3, -0.25) is 14.2 Å². The fraction of sp³-hybridized carbons (Fsp3) is 0.200. The van der Waals surface area contributed by atoms with Gasteiger partial charge in [0.05, 0.1) is 29.1 Å². The van der Waals surface area contributed by atoms with E-state index in [0.717, 1.165) is 5.56 Å². The maximum Gasteiger partial charge on any atom is 0.306 e. The number of carbonyl (C=O) groups is 2. The number of carboxylic acids is 1. The van der Waals surface area contributed by atoms with Crippen LogP contribution in [0.15, 0.2) is 73.1 Å². The largest absolute Gasteiger partial charge is 0.481 e. The van der Waals surface area contributed by atoms with E-state index in [4.69, 9.17) is 15.7 Å². The molecule has 0 unspecified atom stereocenters. The Labute approximate surface area is 234 Å². The molecule has 6 rings (SSSR count). The van der Waals surface area contributed by atoms with E-state index >= 15 is 0 Å². The monoisotopic (exact) mass is 551 g/mol. The number of carbonyl (C=O) groups excluding carboxylic acids is 1. The summed E-state index contributed by atoms with van der Waals surface area (Å²) in [5.41, 5.74) is 10.0. The number of nitrogen functional groups attached to an aromatic ring is 1. The zero-order valence-corrected chi connectivity index (χ0v) is 21.9. The Morgan fingerprint density at radius 1 is 0.927 bits per heavy atom. The smallest absolute Gasteiger partial charge is 0.306 e. The van der Waals surface area contributed by atoms with Crippen molar-refractivity contribution in [2.24, 2.45) is 11.8 Å². The first-order valence-electron chi connectivity index (χ1n) is 13.2. The summed E-state index contributed by atoms with van der Waals surface area (Å²) in [7, 11) is 0. The van der Waals surface area contributed by atoms with Crippen LogP contribution < -0.4 is 11.1 Å². The van der Waals surface area contributed by atoms with Crippen molar-refractivity contribution in [3.63, 3.8) is 0 Å². The fourth-order valence-electron chi connectivity index (χ4n) is 5.19. The van der Waals surface area contributed by atoms with Crippen LogP contribution >= 0.6 is 0 Å². The number of hydrogen-bond donors (Lipinski definition) is 3. The SMILES string of the molecule is Nc1ncccc1-c1nc2ccc(-c3ccc(F)cc3)nc2n1-c1ccc(NC(=O)C2CCC(C(=O)O)CC2)nc1. The molecule has 1 aromatic carbocycles. The summed E-state index contributed by atoms with van der Waals surface area (Å²) < 4.78 is 15.3. The molecule has 0 spiro atoms. The Kier molecular flexibility index (Phi) is 6.84. The van der Waals surface area contributed by atoms with E-state index in [2.05, 4.69) is 15.3 Å². The summed E-state index contributed by atoms with van der Waals surface area (Å²) >= 11 is 0. The summed E-state index contributed by atoms with van der Waals surface area (Å²) in [6.07, 6.45) is 5.24. The van der Waals surface area contributed by atoms with E-state index in [-0.39, 0.29) is 23.6 Å². The first-order chi connectivity index (χ1) is 19.9. The van der Waals surface area contributed by atoms with Crippen molar-refractivity contribution in [3.8, 4) is 28.3 Å². The number of carboxylic acid groups (broad SMARTS) is 1. The van der Waals surface area contributed by atoms with Crippen molar-refractivity contribution < 1.29 is 19.1 Å². The highest BCUT2D eigenvalue weighted by molar-refractivity contribution is 5.92. The minimum Gasteiger partial charge on any atom is -0.481 e. The lowest BCUT2D eigenvalue weighted by Gasteiger charge is -2.25. The van der Waals surface area contributed by atoms with Crippen molar-refractivity contribution in [2.45, 2.75) is 25.7 Å². The second kappa shape index (κ2) is 10.8. The minimum absolute atomic E-state index is 0.170. The highest BCUT2D eigenvalue weighted by Crippen LogP contribution is 2.32. The summed E-state index contributed by atoms with van der Waals surface area (Å²) in [4.78, 5) is 42.4. The molecule has 0 atom stereocenters. The molecule has 1 fully saturated rings. The molecule has 0 aliphatic heterocycles. The molecule has 41 heavy (non-hydrogen) atoms. The summed E-state index contributed by atoms with van der Waals surface area (Å²) in [5.74, 6) is -0.747. The first-order valence-corrected chi connectivity index (χ1v) is 13.2. The molecule has 10 nitrogen and oxygen atoms in total. The molecule has 11 heteroatoms. The van der Waals surface area contributed by atoms with Gasteiger partial charge in [0, 0.05) is 17.7 Å². The highest BCUT2D eigenvalue weighted by atomic mass is 19.1. The molecule has 1 amide bonds. The molecule has 1 aliphatic rings. The number of benzene rings is 1. The summed E-state index contributed by atoms with van der Waals surface area (Å²) in [6.45, 7) is 0. The normalized spacial score (nSPS) is 16.9. The van der Waals surface area contributed by atoms with Crippen molar-refractivity contribution in [2.75, 3.05) is 11.1 Å². The van der Waals surface area contributed by atoms with E-state index < -0.39 is 5.97 Å². The Morgan fingerprint density at radius 2 is 1.68 bits per heavy atom. The number of hydrogen-bond acceptors (Lipinski definition) is 7. The van der Waals surface area contributed by atoms with Gasteiger partial charge in [-0.15, -0.1) is 0 Å². The third-order valence-corrected chi connectivity index (χ3v) is 7.43. The van der Waals surface area contributed by atoms with Crippen LogP contribution in [-0.4, -0.2) is 41.5 Å². The quantitative estimate of drug-likeness (QED) is 0.264. The van der Waals surface area contributed by atoms with Gasteiger partial charge in [0.2, 0.25) is 5.91 Å². The van der Waals surface area contributed by atoms with Crippen LogP contribution in [0.1, 0.15) is 25.7 Å². The van der Waals surface area contributed by atoms with Crippen LogP contribution in [0.25, 0.3) is 39.5 Å². The molecule has 4 N–H and O–H groups in total. The Morgan fingerprint density at radius 3 is 2.37 bits per heavy atom. The van der Waals surface area contributed by atoms with Crippen LogP contribution in [0.2, 0.25) is 0 Å². The zero-order chi connectivity index (χ0) is 28.5. The third-order valence-electron chi connectivity index (χ3n) is 7.43. The molecule has 1 aliphatic carbocycles. The number of nitrogens with one attached hydrogen (secondary N) is 1. The Bertz CT molecular complexity index is 1750. The predicted molar refractivity (Wildman–Crippen MR) is 151 cm³/mol. The highest BCUT2D eigenvalue weighted by Gasteiger charge is 2.30. The van der Waals surface area contributed by atoms with Crippen molar-refractivity contribution >= 4 is 34.7 Å². The lowest BCUT2D eigenvalue weighted by Crippen LogP contribution is -2.29. The molecular formula is C30H26FN7O3. The molecule has 0 radical (unpaired) electrons. The van der Waals surface area contributed by atoms with Crippen LogP contribution in [-0.2, 0) is 9.59 Å². The van der Waals surface area contributed by atoms with Crippen molar-refractivity contribution in [1.82, 2.24) is 24.5 Å². The van der Waals surface area contributed by atoms with Crippen LogP contribution in [0.4, 0.5) is 16.0 Å². The number of pyridine rings is 3. The number of imidazole rings is 1. The van der Waals surface area contributed by atoms with Gasteiger partial charge in [-0.2, -0.15) is 0 Å². The number of nitrogens with zero attached hydrogens (tertiary/aromatic N) is 5. The van der Waals surface area contributed by atoms with E-state index in [1.165, 1.54) is 12.1 Å². The summed E-state index contributed by atoms with van der Waals surface area (Å²) in [5, 5.41) is 12.1. The summed E-state index contributed by atoms with van der Waals surface area (Å²) in [6, 6.07) is 16.8. The predicted octanol–water partition coefficient (Wildman–Crippen LogP) is 5.10. The van der Waals surface area contributed by atoms with E-state index in [9.17, 15) is 19.1 Å². The lowest BCUT2D eigenvalue weighted by atomic mass is 9.81. The van der Waals surface area contributed by atoms with Crippen LogP contribution in [0.5, 0.6) is 0 Å².